The van der Waals surface area contributed by atoms with Crippen LogP contribution in [-0.4, -0.2) is 36.1 Å². The summed E-state index contributed by atoms with van der Waals surface area (Å²) in [7, 11) is 0. The van der Waals surface area contributed by atoms with Crippen molar-refractivity contribution < 1.29 is 9.90 Å². The topological polar surface area (TPSA) is 121 Å². The Bertz CT molecular complexity index is 1290. The molecule has 8 atom stereocenters. The van der Waals surface area contributed by atoms with Crippen molar-refractivity contribution in [1.29, 1.82) is 10.5 Å². The number of hydrogen-bond acceptors (Lipinski definition) is 6. The Morgan fingerprint density at radius 3 is 2.18 bits per heavy atom. The molecular weight excluding hydrogens is 488 g/mol. The summed E-state index contributed by atoms with van der Waals surface area (Å²) >= 11 is 0. The number of carbonyl (C=O) groups excluding carboxylic acids is 1. The van der Waals surface area contributed by atoms with E-state index in [0.29, 0.717) is 34.8 Å². The molecule has 0 saturated heterocycles. The van der Waals surface area contributed by atoms with Crippen LogP contribution in [0, 0.1) is 63.1 Å². The second-order valence-electron chi connectivity index (χ2n) is 13.8. The molecular formula is C31H40N6O2. The highest BCUT2D eigenvalue weighted by Crippen LogP contribution is 2.67. The minimum atomic E-state index is -0.818. The number of fused-ring (bicyclic) bond motifs is 5. The third-order valence-corrected chi connectivity index (χ3v) is 11.8. The van der Waals surface area contributed by atoms with Gasteiger partial charge in [0.2, 0.25) is 6.17 Å². The van der Waals surface area contributed by atoms with Crippen molar-refractivity contribution in [3.05, 3.63) is 35.9 Å². The minimum Gasteiger partial charge on any atom is -0.390 e. The molecule has 0 spiro atoms. The van der Waals surface area contributed by atoms with E-state index in [4.69, 9.17) is 0 Å². The molecule has 206 valence electrons. The van der Waals surface area contributed by atoms with Gasteiger partial charge < -0.3 is 5.11 Å². The van der Waals surface area contributed by atoms with Gasteiger partial charge in [-0.05, 0) is 99.2 Å². The van der Waals surface area contributed by atoms with Crippen LogP contribution in [-0.2, 0) is 4.79 Å². The van der Waals surface area contributed by atoms with Crippen LogP contribution in [0.15, 0.2) is 24.8 Å². The molecule has 2 aromatic rings. The monoisotopic (exact) mass is 528 g/mol. The number of nitrogens with zero attached hydrogens (tertiary/aromatic N) is 6. The Morgan fingerprint density at radius 2 is 1.56 bits per heavy atom. The molecule has 0 aliphatic heterocycles. The number of carbonyl (C=O) groups is 1. The van der Waals surface area contributed by atoms with E-state index in [0.717, 1.165) is 44.9 Å². The lowest BCUT2D eigenvalue weighted by molar-refractivity contribution is -0.170. The molecule has 8 nitrogen and oxygen atoms in total. The van der Waals surface area contributed by atoms with Gasteiger partial charge in [-0.15, -0.1) is 0 Å². The maximum Gasteiger partial charge on any atom is 0.201 e. The van der Waals surface area contributed by atoms with Gasteiger partial charge in [0, 0.05) is 18.3 Å². The Kier molecular flexibility index (Phi) is 6.27. The first kappa shape index (κ1) is 26.3. The summed E-state index contributed by atoms with van der Waals surface area (Å²) < 4.78 is 3.10. The van der Waals surface area contributed by atoms with Gasteiger partial charge in [-0.3, -0.25) is 4.79 Å². The molecule has 0 radical (unpaired) electrons. The van der Waals surface area contributed by atoms with Crippen LogP contribution in [0.4, 0.5) is 0 Å². The maximum atomic E-state index is 14.6. The normalized spacial score (nSPS) is 39.6. The van der Waals surface area contributed by atoms with Crippen molar-refractivity contribution in [3.8, 4) is 12.1 Å². The standard InChI is InChI=1S/C31H40N6O2/c1-29(39)11-12-30(2)22(13-29)7-8-23-24-5-4-6-26(31(24,3)10-9-25(23)30)27(38)28(36-18-20(14-32)16-34-36)37-19-21(15-33)17-35-37/h16-19,22-26,28,39H,4-13H2,1-3H3/t22-,23-,24-,25-,26+,29+,30-,31-/m0/s1. The smallest absolute Gasteiger partial charge is 0.201 e. The largest absolute Gasteiger partial charge is 0.390 e. The van der Waals surface area contributed by atoms with Crippen LogP contribution < -0.4 is 0 Å². The maximum absolute atomic E-state index is 14.6. The summed E-state index contributed by atoms with van der Waals surface area (Å²) in [5.74, 6) is 2.30. The van der Waals surface area contributed by atoms with Crippen molar-refractivity contribution in [2.45, 2.75) is 96.7 Å². The fraction of sp³-hybridized carbons (Fsp3) is 0.710. The average Bonchev–Trinajstić information content (AvgIpc) is 3.58. The molecule has 39 heavy (non-hydrogen) atoms. The highest BCUT2D eigenvalue weighted by atomic mass is 16.3. The number of aromatic nitrogens is 4. The van der Waals surface area contributed by atoms with Crippen molar-refractivity contribution in [3.63, 3.8) is 0 Å². The van der Waals surface area contributed by atoms with E-state index < -0.39 is 11.8 Å². The van der Waals surface area contributed by atoms with Gasteiger partial charge in [0.25, 0.3) is 0 Å². The van der Waals surface area contributed by atoms with Gasteiger partial charge >= 0.3 is 0 Å². The average molecular weight is 529 g/mol. The molecule has 4 saturated carbocycles. The zero-order valence-electron chi connectivity index (χ0n) is 23.4. The number of hydrogen-bond donors (Lipinski definition) is 1. The summed E-state index contributed by atoms with van der Waals surface area (Å²) in [6.07, 6.45) is 15.9. The van der Waals surface area contributed by atoms with E-state index in [1.165, 1.54) is 31.7 Å². The van der Waals surface area contributed by atoms with Gasteiger partial charge in [0.15, 0.2) is 5.78 Å². The van der Waals surface area contributed by atoms with Crippen LogP contribution in [0.2, 0.25) is 0 Å². The molecule has 0 amide bonds. The second kappa shape index (κ2) is 9.30. The van der Waals surface area contributed by atoms with Crippen LogP contribution in [0.25, 0.3) is 0 Å². The Hall–Kier alpha value is -2.97. The highest BCUT2D eigenvalue weighted by molar-refractivity contribution is 5.85. The third kappa shape index (κ3) is 4.14. The number of ketones is 1. The van der Waals surface area contributed by atoms with Crippen molar-refractivity contribution in [2.24, 2.45) is 40.4 Å². The lowest BCUT2D eigenvalue weighted by Crippen LogP contribution is -2.58. The summed E-state index contributed by atoms with van der Waals surface area (Å²) in [6, 6.07) is 4.22. The molecule has 4 aliphatic carbocycles. The van der Waals surface area contributed by atoms with Crippen LogP contribution in [0.5, 0.6) is 0 Å². The summed E-state index contributed by atoms with van der Waals surface area (Å²) in [4.78, 5) is 14.6. The van der Waals surface area contributed by atoms with Crippen LogP contribution in [0.1, 0.15) is 102 Å². The molecule has 6 rings (SSSR count). The molecule has 1 N–H and O–H groups in total. The quantitative estimate of drug-likeness (QED) is 0.579. The third-order valence-electron chi connectivity index (χ3n) is 11.8. The van der Waals surface area contributed by atoms with Gasteiger partial charge in [0.05, 0.1) is 29.1 Å². The van der Waals surface area contributed by atoms with E-state index in [-0.39, 0.29) is 22.5 Å². The zero-order chi connectivity index (χ0) is 27.6. The van der Waals surface area contributed by atoms with Gasteiger partial charge in [-0.2, -0.15) is 20.7 Å². The Labute approximate surface area is 231 Å². The number of aliphatic hydroxyl groups is 1. The molecule has 2 aromatic heterocycles. The predicted molar refractivity (Wildman–Crippen MR) is 144 cm³/mol. The van der Waals surface area contributed by atoms with E-state index in [2.05, 4.69) is 36.2 Å². The number of Topliss-reactive ketones (excluding diaryl/α,β-unsaturated/α-hetero) is 1. The first-order chi connectivity index (χ1) is 18.6. The SMILES string of the molecule is C[C@@]1(O)CC[C@@]2(C)[C@@H](CC[C@@H]3[C@@H]2CC[C@]2(C)[C@@H](C(=O)C(n4cc(C#N)cn4)n4cc(C#N)cn4)CCC[C@@H]32)C1. The molecule has 2 heterocycles. The fourth-order valence-electron chi connectivity index (χ4n) is 9.72. The molecule has 4 fully saturated rings. The number of rotatable bonds is 4. The first-order valence-electron chi connectivity index (χ1n) is 14.7. The lowest BCUT2D eigenvalue weighted by atomic mass is 9.41. The molecule has 4 aliphatic rings. The Balaban J connectivity index is 1.32. The van der Waals surface area contributed by atoms with E-state index >= 15 is 0 Å². The fourth-order valence-corrected chi connectivity index (χ4v) is 9.72. The molecule has 0 unspecified atom stereocenters. The van der Waals surface area contributed by atoms with E-state index in [1.807, 2.05) is 6.92 Å². The lowest BCUT2D eigenvalue weighted by Gasteiger charge is -2.64. The molecule has 8 heteroatoms. The highest BCUT2D eigenvalue weighted by Gasteiger charge is 2.61. The van der Waals surface area contributed by atoms with Crippen molar-refractivity contribution in [2.75, 3.05) is 0 Å². The predicted octanol–water partition coefficient (Wildman–Crippen LogP) is 5.24. The van der Waals surface area contributed by atoms with Crippen molar-refractivity contribution in [1.82, 2.24) is 19.6 Å². The summed E-state index contributed by atoms with van der Waals surface area (Å²) in [5.41, 5.74) is 0.426. The van der Waals surface area contributed by atoms with Gasteiger partial charge in [0.1, 0.15) is 12.1 Å². The molecule has 0 bridgehead atoms. The summed E-state index contributed by atoms with van der Waals surface area (Å²) in [6.45, 7) is 6.88. The van der Waals surface area contributed by atoms with Crippen LogP contribution in [0.3, 0.4) is 0 Å². The minimum absolute atomic E-state index is 0.0782. The Morgan fingerprint density at radius 1 is 0.923 bits per heavy atom. The van der Waals surface area contributed by atoms with Gasteiger partial charge in [-0.1, -0.05) is 20.3 Å². The van der Waals surface area contributed by atoms with E-state index in [9.17, 15) is 20.4 Å². The number of nitriles is 2. The second-order valence-corrected chi connectivity index (χ2v) is 13.8. The van der Waals surface area contributed by atoms with Crippen molar-refractivity contribution >= 4 is 5.78 Å². The molecule has 0 aromatic carbocycles. The van der Waals surface area contributed by atoms with Crippen LogP contribution >= 0.6 is 0 Å². The van der Waals surface area contributed by atoms with E-state index in [1.54, 1.807) is 21.8 Å². The summed E-state index contributed by atoms with van der Waals surface area (Å²) in [5, 5.41) is 38.4. The van der Waals surface area contributed by atoms with Gasteiger partial charge in [-0.25, -0.2) is 9.36 Å². The zero-order valence-corrected chi connectivity index (χ0v) is 23.4. The first-order valence-corrected chi connectivity index (χ1v) is 14.7.